The van der Waals surface area contributed by atoms with Gasteiger partial charge in [-0.25, -0.2) is 9.18 Å². The van der Waals surface area contributed by atoms with Crippen molar-refractivity contribution in [3.8, 4) is 11.8 Å². The number of benzene rings is 2. The maximum Gasteiger partial charge on any atom is 0.348 e. The van der Waals surface area contributed by atoms with Gasteiger partial charge in [0.15, 0.2) is 0 Å². The van der Waals surface area contributed by atoms with Crippen LogP contribution in [0.25, 0.3) is 6.08 Å². The molecule has 0 radical (unpaired) electrons. The molecular formula is C20H18FNO3. The number of ether oxygens (including phenoxy) is 2. The van der Waals surface area contributed by atoms with Gasteiger partial charge in [0.05, 0.1) is 7.11 Å². The van der Waals surface area contributed by atoms with Crippen molar-refractivity contribution in [2.45, 2.75) is 20.5 Å². The smallest absolute Gasteiger partial charge is 0.348 e. The number of methoxy groups -OCH3 is 1. The summed E-state index contributed by atoms with van der Waals surface area (Å²) < 4.78 is 23.2. The number of hydrogen-bond donors (Lipinski definition) is 0. The number of nitrogens with zero attached hydrogens (tertiary/aromatic N) is 1. The summed E-state index contributed by atoms with van der Waals surface area (Å²) >= 11 is 0. The highest BCUT2D eigenvalue weighted by atomic mass is 19.1. The van der Waals surface area contributed by atoms with Crippen molar-refractivity contribution in [3.63, 3.8) is 0 Å². The molecule has 0 aromatic heterocycles. The molecular weight excluding hydrogens is 321 g/mol. The second-order valence-corrected chi connectivity index (χ2v) is 5.54. The van der Waals surface area contributed by atoms with Crippen LogP contribution in [-0.4, -0.2) is 13.1 Å². The summed E-state index contributed by atoms with van der Waals surface area (Å²) in [5, 5.41) is 9.12. The quantitative estimate of drug-likeness (QED) is 0.467. The molecule has 2 aromatic carbocycles. The molecule has 0 saturated carbocycles. The minimum Gasteiger partial charge on any atom is -0.489 e. The monoisotopic (exact) mass is 339 g/mol. The van der Waals surface area contributed by atoms with E-state index in [2.05, 4.69) is 4.74 Å². The minimum absolute atomic E-state index is 0.0680. The van der Waals surface area contributed by atoms with Crippen molar-refractivity contribution in [3.05, 3.63) is 70.0 Å². The zero-order valence-electron chi connectivity index (χ0n) is 14.3. The van der Waals surface area contributed by atoms with Crippen LogP contribution < -0.4 is 4.74 Å². The average Bonchev–Trinajstić information content (AvgIpc) is 2.61. The zero-order valence-corrected chi connectivity index (χ0v) is 14.3. The molecule has 4 nitrogen and oxygen atoms in total. The van der Waals surface area contributed by atoms with E-state index in [-0.39, 0.29) is 11.4 Å². The lowest BCUT2D eigenvalue weighted by molar-refractivity contribution is -0.135. The highest BCUT2D eigenvalue weighted by Crippen LogP contribution is 2.22. The molecule has 5 heteroatoms. The second-order valence-electron chi connectivity index (χ2n) is 5.54. The first-order valence-corrected chi connectivity index (χ1v) is 7.63. The van der Waals surface area contributed by atoms with Crippen molar-refractivity contribution in [2.75, 3.05) is 7.11 Å². The number of aryl methyl sites for hydroxylation is 1. The standard InChI is InChI=1S/C20H18FNO3/c1-13-8-15(10-16(11-22)20(23)24-3)14(2)17(9-13)12-25-19-6-4-18(21)5-7-19/h4-10H,12H2,1-3H3. The molecule has 0 saturated heterocycles. The fraction of sp³-hybridized carbons (Fsp3) is 0.200. The van der Waals surface area contributed by atoms with Crippen LogP contribution in [0.3, 0.4) is 0 Å². The minimum atomic E-state index is -0.674. The van der Waals surface area contributed by atoms with Gasteiger partial charge < -0.3 is 9.47 Å². The number of hydrogen-bond acceptors (Lipinski definition) is 4. The molecule has 0 aliphatic carbocycles. The van der Waals surface area contributed by atoms with Crippen molar-refractivity contribution in [1.29, 1.82) is 5.26 Å². The molecule has 0 unspecified atom stereocenters. The highest BCUT2D eigenvalue weighted by molar-refractivity contribution is 5.98. The van der Waals surface area contributed by atoms with Gasteiger partial charge in [-0.1, -0.05) is 17.7 Å². The van der Waals surface area contributed by atoms with Crippen LogP contribution in [0.2, 0.25) is 0 Å². The fourth-order valence-corrected chi connectivity index (χ4v) is 2.36. The lowest BCUT2D eigenvalue weighted by Crippen LogP contribution is -2.04. The van der Waals surface area contributed by atoms with E-state index in [1.54, 1.807) is 12.1 Å². The van der Waals surface area contributed by atoms with Gasteiger partial charge in [0, 0.05) is 0 Å². The summed E-state index contributed by atoms with van der Waals surface area (Å²) in [4.78, 5) is 11.6. The number of nitriles is 1. The summed E-state index contributed by atoms with van der Waals surface area (Å²) in [6, 6.07) is 11.5. The lowest BCUT2D eigenvalue weighted by Gasteiger charge is -2.13. The second kappa shape index (κ2) is 8.11. The van der Waals surface area contributed by atoms with Crippen molar-refractivity contribution in [2.24, 2.45) is 0 Å². The van der Waals surface area contributed by atoms with E-state index in [9.17, 15) is 9.18 Å². The summed E-state index contributed by atoms with van der Waals surface area (Å²) in [6.45, 7) is 4.10. The molecule has 0 heterocycles. The predicted molar refractivity (Wildman–Crippen MR) is 92.3 cm³/mol. The third-order valence-corrected chi connectivity index (χ3v) is 3.73. The van der Waals surface area contributed by atoms with Crippen LogP contribution in [-0.2, 0) is 16.1 Å². The Labute approximate surface area is 146 Å². The summed E-state index contributed by atoms with van der Waals surface area (Å²) in [6.07, 6.45) is 1.51. The third kappa shape index (κ3) is 4.67. The van der Waals surface area contributed by atoms with Crippen LogP contribution in [0.1, 0.15) is 22.3 Å². The fourth-order valence-electron chi connectivity index (χ4n) is 2.36. The molecule has 0 bridgehead atoms. The molecule has 0 aliphatic heterocycles. The topological polar surface area (TPSA) is 59.3 Å². The Morgan fingerprint density at radius 3 is 2.52 bits per heavy atom. The molecule has 0 amide bonds. The molecule has 128 valence electrons. The Bertz CT molecular complexity index is 848. The van der Waals surface area contributed by atoms with Crippen molar-refractivity contribution >= 4 is 12.0 Å². The first-order valence-electron chi connectivity index (χ1n) is 7.63. The molecule has 2 aromatic rings. The van der Waals surface area contributed by atoms with Crippen LogP contribution in [0.5, 0.6) is 5.75 Å². The molecule has 0 fully saturated rings. The van der Waals surface area contributed by atoms with Gasteiger partial charge in [0.2, 0.25) is 0 Å². The van der Waals surface area contributed by atoms with Gasteiger partial charge >= 0.3 is 5.97 Å². The van der Waals surface area contributed by atoms with E-state index in [0.717, 1.165) is 22.3 Å². The normalized spacial score (nSPS) is 10.9. The maximum atomic E-state index is 12.9. The summed E-state index contributed by atoms with van der Waals surface area (Å²) in [5.41, 5.74) is 3.46. The number of carbonyl (C=O) groups excluding carboxylic acids is 1. The van der Waals surface area contributed by atoms with Gasteiger partial charge in [0.25, 0.3) is 0 Å². The zero-order chi connectivity index (χ0) is 18.4. The van der Waals surface area contributed by atoms with Crippen LogP contribution >= 0.6 is 0 Å². The van der Waals surface area contributed by atoms with E-state index in [1.165, 1.54) is 25.3 Å². The summed E-state index contributed by atoms with van der Waals surface area (Å²) in [7, 11) is 1.23. The first kappa shape index (κ1) is 18.2. The van der Waals surface area contributed by atoms with Crippen LogP contribution in [0.4, 0.5) is 4.39 Å². The SMILES string of the molecule is COC(=O)C(C#N)=Cc1cc(C)cc(COc2ccc(F)cc2)c1C. The summed E-state index contributed by atoms with van der Waals surface area (Å²) in [5.74, 6) is -0.433. The van der Waals surface area contributed by atoms with E-state index < -0.39 is 5.97 Å². The third-order valence-electron chi connectivity index (χ3n) is 3.73. The van der Waals surface area contributed by atoms with Gasteiger partial charge in [0.1, 0.15) is 29.8 Å². The van der Waals surface area contributed by atoms with Crippen LogP contribution in [0.15, 0.2) is 42.0 Å². The maximum absolute atomic E-state index is 12.9. The Balaban J connectivity index is 2.30. The average molecular weight is 339 g/mol. The van der Waals surface area contributed by atoms with Gasteiger partial charge in [-0.3, -0.25) is 0 Å². The number of rotatable bonds is 5. The highest BCUT2D eigenvalue weighted by Gasteiger charge is 2.11. The van der Waals surface area contributed by atoms with Crippen LogP contribution in [0, 0.1) is 31.0 Å². The van der Waals surface area contributed by atoms with E-state index in [1.807, 2.05) is 32.0 Å². The van der Waals surface area contributed by atoms with Gasteiger partial charge in [-0.05, 0) is 60.9 Å². The Morgan fingerprint density at radius 2 is 1.92 bits per heavy atom. The largest absolute Gasteiger partial charge is 0.489 e. The van der Waals surface area contributed by atoms with Gasteiger partial charge in [-0.2, -0.15) is 5.26 Å². The van der Waals surface area contributed by atoms with Gasteiger partial charge in [-0.15, -0.1) is 0 Å². The number of esters is 1. The van der Waals surface area contributed by atoms with E-state index in [4.69, 9.17) is 10.00 Å². The molecule has 2 rings (SSSR count). The molecule has 25 heavy (non-hydrogen) atoms. The number of carbonyl (C=O) groups is 1. The van der Waals surface area contributed by atoms with Crippen molar-refractivity contribution in [1.82, 2.24) is 0 Å². The first-order chi connectivity index (χ1) is 11.9. The predicted octanol–water partition coefficient (Wildman–Crippen LogP) is 4.10. The Kier molecular flexibility index (Phi) is 5.91. The molecule has 0 spiro atoms. The van der Waals surface area contributed by atoms with E-state index in [0.29, 0.717) is 12.4 Å². The molecule has 0 N–H and O–H groups in total. The molecule has 0 aliphatic rings. The Morgan fingerprint density at radius 1 is 1.24 bits per heavy atom. The lowest BCUT2D eigenvalue weighted by atomic mass is 9.98. The van der Waals surface area contributed by atoms with E-state index >= 15 is 0 Å². The van der Waals surface area contributed by atoms with Crippen molar-refractivity contribution < 1.29 is 18.7 Å². The molecule has 0 atom stereocenters. The number of halogens is 1. The Hall–Kier alpha value is -3.13.